The Bertz CT molecular complexity index is 656. The van der Waals surface area contributed by atoms with E-state index in [1.165, 1.54) is 16.3 Å². The third-order valence-corrected chi connectivity index (χ3v) is 3.41. The van der Waals surface area contributed by atoms with Crippen LogP contribution in [0.15, 0.2) is 51.6 Å². The van der Waals surface area contributed by atoms with Crippen LogP contribution in [-0.2, 0) is 6.42 Å². The maximum atomic E-state index is 4.68. The second-order valence-corrected chi connectivity index (χ2v) is 4.56. The summed E-state index contributed by atoms with van der Waals surface area (Å²) in [5, 5.41) is 10.6. The van der Waals surface area contributed by atoms with E-state index in [4.69, 9.17) is 0 Å². The number of aliphatic imine (C=N–C) groups is 1. The Kier molecular flexibility index (Phi) is 2.67. The number of rotatable bonds is 2. The molecule has 0 amide bonds. The maximum absolute atomic E-state index is 4.68. The lowest BCUT2D eigenvalue weighted by Gasteiger charge is -2.05. The van der Waals surface area contributed by atoms with Crippen LogP contribution in [0.1, 0.15) is 12.5 Å². The van der Waals surface area contributed by atoms with Crippen molar-refractivity contribution in [3.8, 4) is 0 Å². The Labute approximate surface area is 106 Å². The van der Waals surface area contributed by atoms with E-state index in [1.54, 1.807) is 7.05 Å². The van der Waals surface area contributed by atoms with Gasteiger partial charge in [0.05, 0.1) is 5.69 Å². The van der Waals surface area contributed by atoms with E-state index in [0.29, 0.717) is 0 Å². The topological polar surface area (TPSA) is 37.1 Å². The largest absolute Gasteiger partial charge is 0.255 e. The highest BCUT2D eigenvalue weighted by Gasteiger charge is 2.20. The lowest BCUT2D eigenvalue weighted by Crippen LogP contribution is -2.13. The molecule has 3 heteroatoms. The summed E-state index contributed by atoms with van der Waals surface area (Å²) in [4.78, 5) is 4.68. The molecule has 18 heavy (non-hydrogen) atoms. The van der Waals surface area contributed by atoms with Crippen molar-refractivity contribution in [3.05, 3.63) is 42.0 Å². The maximum Gasteiger partial charge on any atom is 0.106 e. The molecule has 1 aliphatic heterocycles. The highest BCUT2D eigenvalue weighted by atomic mass is 15.1. The van der Waals surface area contributed by atoms with Gasteiger partial charge in [0.1, 0.15) is 6.04 Å². The molecule has 0 saturated heterocycles. The minimum Gasteiger partial charge on any atom is -0.255 e. The van der Waals surface area contributed by atoms with Gasteiger partial charge in [0, 0.05) is 19.2 Å². The predicted octanol–water partition coefficient (Wildman–Crippen LogP) is 3.94. The molecule has 0 N–H and O–H groups in total. The molecule has 1 unspecified atom stereocenters. The van der Waals surface area contributed by atoms with Crippen molar-refractivity contribution < 1.29 is 0 Å². The van der Waals surface area contributed by atoms with Gasteiger partial charge in [-0.1, -0.05) is 30.3 Å². The zero-order valence-corrected chi connectivity index (χ0v) is 10.6. The van der Waals surface area contributed by atoms with Crippen LogP contribution < -0.4 is 0 Å². The first-order valence-corrected chi connectivity index (χ1v) is 6.16. The average Bonchev–Trinajstić information content (AvgIpc) is 2.83. The Balaban J connectivity index is 2.06. The van der Waals surface area contributed by atoms with Crippen LogP contribution >= 0.6 is 0 Å². The summed E-state index contributed by atoms with van der Waals surface area (Å²) in [6, 6.07) is 12.8. The molecular weight excluding hydrogens is 222 g/mol. The lowest BCUT2D eigenvalue weighted by atomic mass is 9.99. The highest BCUT2D eigenvalue weighted by Crippen LogP contribution is 2.34. The van der Waals surface area contributed by atoms with E-state index in [9.17, 15) is 0 Å². The molecular formula is C15H15N3. The first-order valence-electron chi connectivity index (χ1n) is 6.16. The third-order valence-electron chi connectivity index (χ3n) is 3.41. The summed E-state index contributed by atoms with van der Waals surface area (Å²) in [6.07, 6.45) is 0.886. The highest BCUT2D eigenvalue weighted by molar-refractivity contribution is 6.03. The summed E-state index contributed by atoms with van der Waals surface area (Å²) >= 11 is 0. The first-order chi connectivity index (χ1) is 8.79. The van der Waals surface area contributed by atoms with Gasteiger partial charge in [-0.25, -0.2) is 0 Å². The minimum atomic E-state index is 0.0705. The fourth-order valence-electron chi connectivity index (χ4n) is 2.47. The fraction of sp³-hybridized carbons (Fsp3) is 0.267. The van der Waals surface area contributed by atoms with E-state index in [-0.39, 0.29) is 6.04 Å². The predicted molar refractivity (Wildman–Crippen MR) is 75.0 cm³/mol. The molecule has 2 aromatic carbocycles. The van der Waals surface area contributed by atoms with Crippen molar-refractivity contribution in [2.45, 2.75) is 19.4 Å². The molecule has 1 aliphatic rings. The van der Waals surface area contributed by atoms with Crippen molar-refractivity contribution in [2.24, 2.45) is 15.2 Å². The number of fused-ring (bicyclic) bond motifs is 3. The molecule has 0 fully saturated rings. The Morgan fingerprint density at radius 3 is 2.83 bits per heavy atom. The molecule has 0 radical (unpaired) electrons. The smallest absolute Gasteiger partial charge is 0.106 e. The van der Waals surface area contributed by atoms with Gasteiger partial charge in [-0.15, -0.1) is 0 Å². The molecule has 0 aromatic heterocycles. The molecule has 0 saturated carbocycles. The van der Waals surface area contributed by atoms with E-state index >= 15 is 0 Å². The summed E-state index contributed by atoms with van der Waals surface area (Å²) in [5.74, 6) is 0. The van der Waals surface area contributed by atoms with Crippen LogP contribution in [0.3, 0.4) is 0 Å². The molecule has 0 spiro atoms. The van der Waals surface area contributed by atoms with Crippen LogP contribution in [0.2, 0.25) is 0 Å². The van der Waals surface area contributed by atoms with Crippen molar-refractivity contribution in [3.63, 3.8) is 0 Å². The standard InChI is InChI=1S/C15H15N3/c1-10(18-16-2)15-9-13-12-6-4-3-5-11(12)7-8-14(13)17-15/h3-8,10H,9H2,1-2H3. The van der Waals surface area contributed by atoms with Crippen LogP contribution in [0, 0.1) is 0 Å². The van der Waals surface area contributed by atoms with Crippen LogP contribution in [0.4, 0.5) is 5.69 Å². The van der Waals surface area contributed by atoms with Gasteiger partial charge < -0.3 is 0 Å². The fourth-order valence-corrected chi connectivity index (χ4v) is 2.47. The molecule has 3 nitrogen and oxygen atoms in total. The monoisotopic (exact) mass is 237 g/mol. The van der Waals surface area contributed by atoms with Crippen LogP contribution in [-0.4, -0.2) is 18.8 Å². The number of azo groups is 1. The van der Waals surface area contributed by atoms with E-state index in [2.05, 4.69) is 51.6 Å². The molecule has 0 bridgehead atoms. The van der Waals surface area contributed by atoms with Crippen molar-refractivity contribution in [1.82, 2.24) is 0 Å². The van der Waals surface area contributed by atoms with Gasteiger partial charge in [-0.2, -0.15) is 10.2 Å². The molecule has 90 valence electrons. The summed E-state index contributed by atoms with van der Waals surface area (Å²) in [7, 11) is 1.70. The molecule has 3 rings (SSSR count). The number of hydrogen-bond acceptors (Lipinski definition) is 3. The first kappa shape index (κ1) is 11.1. The molecule has 1 heterocycles. The van der Waals surface area contributed by atoms with Gasteiger partial charge in [-0.3, -0.25) is 4.99 Å². The van der Waals surface area contributed by atoms with E-state index in [0.717, 1.165) is 17.8 Å². The summed E-state index contributed by atoms with van der Waals surface area (Å²) in [5.41, 5.74) is 3.51. The number of hydrogen-bond donors (Lipinski definition) is 0. The Morgan fingerprint density at radius 2 is 2.00 bits per heavy atom. The minimum absolute atomic E-state index is 0.0705. The second kappa shape index (κ2) is 4.33. The van der Waals surface area contributed by atoms with Crippen molar-refractivity contribution >= 4 is 22.2 Å². The van der Waals surface area contributed by atoms with Crippen LogP contribution in [0.25, 0.3) is 10.8 Å². The zero-order chi connectivity index (χ0) is 12.5. The van der Waals surface area contributed by atoms with Gasteiger partial charge in [0.15, 0.2) is 0 Å². The molecule has 0 aliphatic carbocycles. The summed E-state index contributed by atoms with van der Waals surface area (Å²) in [6.45, 7) is 2.04. The Hall–Kier alpha value is -2.03. The zero-order valence-electron chi connectivity index (χ0n) is 10.6. The van der Waals surface area contributed by atoms with Gasteiger partial charge >= 0.3 is 0 Å². The summed E-state index contributed by atoms with van der Waals surface area (Å²) < 4.78 is 0. The second-order valence-electron chi connectivity index (χ2n) is 4.56. The van der Waals surface area contributed by atoms with Gasteiger partial charge in [0.25, 0.3) is 0 Å². The lowest BCUT2D eigenvalue weighted by molar-refractivity contribution is 0.864. The SMILES string of the molecule is CN=NC(C)C1=Nc2ccc3ccccc3c2C1. The van der Waals surface area contributed by atoms with Gasteiger partial charge in [-0.05, 0) is 29.3 Å². The average molecular weight is 237 g/mol. The molecule has 1 atom stereocenters. The third kappa shape index (κ3) is 1.72. The number of nitrogens with zero attached hydrogens (tertiary/aromatic N) is 3. The van der Waals surface area contributed by atoms with Crippen molar-refractivity contribution in [2.75, 3.05) is 7.05 Å². The van der Waals surface area contributed by atoms with E-state index < -0.39 is 0 Å². The van der Waals surface area contributed by atoms with Gasteiger partial charge in [0.2, 0.25) is 0 Å². The molecule has 2 aromatic rings. The quantitative estimate of drug-likeness (QED) is 0.709. The van der Waals surface area contributed by atoms with E-state index in [1.807, 2.05) is 6.92 Å². The van der Waals surface area contributed by atoms with Crippen LogP contribution in [0.5, 0.6) is 0 Å². The number of benzene rings is 2. The Morgan fingerprint density at radius 1 is 1.17 bits per heavy atom. The van der Waals surface area contributed by atoms with Crippen molar-refractivity contribution in [1.29, 1.82) is 0 Å². The normalized spacial score (nSPS) is 16.0.